The summed E-state index contributed by atoms with van der Waals surface area (Å²) in [6.45, 7) is 0. The lowest BCUT2D eigenvalue weighted by atomic mass is 10.2. The minimum atomic E-state index is 0.770. The highest BCUT2D eigenvalue weighted by molar-refractivity contribution is 5.92. The van der Waals surface area contributed by atoms with Gasteiger partial charge in [-0.1, -0.05) is 23.4 Å². The van der Waals surface area contributed by atoms with E-state index in [-0.39, 0.29) is 0 Å². The van der Waals surface area contributed by atoms with Gasteiger partial charge < -0.3 is 4.52 Å². The molecule has 0 atom stereocenters. The quantitative estimate of drug-likeness (QED) is 0.603. The van der Waals surface area contributed by atoms with Crippen molar-refractivity contribution in [2.75, 3.05) is 0 Å². The second kappa shape index (κ2) is 2.95. The van der Waals surface area contributed by atoms with Crippen molar-refractivity contribution in [1.82, 2.24) is 14.9 Å². The van der Waals surface area contributed by atoms with Crippen molar-refractivity contribution in [3.8, 4) is 11.4 Å². The predicted molar refractivity (Wildman–Crippen MR) is 56.2 cm³/mol. The van der Waals surface area contributed by atoms with Gasteiger partial charge in [0.05, 0.1) is 5.52 Å². The van der Waals surface area contributed by atoms with Gasteiger partial charge in [0, 0.05) is 18.5 Å². The number of nitrogens with zero attached hydrogens (tertiary/aromatic N) is 3. The fourth-order valence-corrected chi connectivity index (χ4v) is 1.74. The Balaban J connectivity index is 2.37. The summed E-state index contributed by atoms with van der Waals surface area (Å²) in [4.78, 5) is 0. The molecule has 0 unspecified atom stereocenters. The molecule has 15 heavy (non-hydrogen) atoms. The summed E-state index contributed by atoms with van der Waals surface area (Å²) in [6, 6.07) is 9.87. The fourth-order valence-electron chi connectivity index (χ4n) is 1.74. The Morgan fingerprint density at radius 3 is 2.87 bits per heavy atom. The molecule has 74 valence electrons. The maximum atomic E-state index is 4.83. The molecule has 3 rings (SSSR count). The summed E-state index contributed by atoms with van der Waals surface area (Å²) in [5, 5.41) is 9.42. The van der Waals surface area contributed by atoms with E-state index in [0.29, 0.717) is 0 Å². The summed E-state index contributed by atoms with van der Waals surface area (Å²) >= 11 is 0. The molecule has 0 fully saturated rings. The molecule has 0 bridgehead atoms. The average molecular weight is 199 g/mol. The topological polar surface area (TPSA) is 43.9 Å². The molecule has 0 aliphatic rings. The van der Waals surface area contributed by atoms with Gasteiger partial charge in [0.1, 0.15) is 17.7 Å². The monoisotopic (exact) mass is 199 g/mol. The van der Waals surface area contributed by atoms with Crippen molar-refractivity contribution < 1.29 is 4.52 Å². The summed E-state index contributed by atoms with van der Waals surface area (Å²) in [5.74, 6) is 0. The first-order valence-electron chi connectivity index (χ1n) is 4.69. The maximum absolute atomic E-state index is 4.83. The molecule has 0 aliphatic carbocycles. The van der Waals surface area contributed by atoms with Gasteiger partial charge in [-0.25, -0.2) is 0 Å². The van der Waals surface area contributed by atoms with Gasteiger partial charge in [-0.05, 0) is 6.07 Å². The van der Waals surface area contributed by atoms with E-state index in [1.807, 2.05) is 42.1 Å². The predicted octanol–water partition coefficient (Wildman–Crippen LogP) is 2.23. The molecule has 4 heteroatoms. The lowest BCUT2D eigenvalue weighted by Gasteiger charge is -1.90. The van der Waals surface area contributed by atoms with Crippen LogP contribution in [0.3, 0.4) is 0 Å². The van der Waals surface area contributed by atoms with Gasteiger partial charge in [0.15, 0.2) is 0 Å². The zero-order chi connectivity index (χ0) is 10.3. The third-order valence-electron chi connectivity index (χ3n) is 2.44. The van der Waals surface area contributed by atoms with E-state index in [4.69, 9.17) is 4.52 Å². The van der Waals surface area contributed by atoms with Crippen LogP contribution in [0.25, 0.3) is 22.3 Å². The molecular weight excluding hydrogens is 190 g/mol. The molecular formula is C11H9N3O. The Hall–Kier alpha value is -2.10. The first-order valence-corrected chi connectivity index (χ1v) is 4.69. The van der Waals surface area contributed by atoms with Crippen molar-refractivity contribution in [2.45, 2.75) is 0 Å². The van der Waals surface area contributed by atoms with Crippen molar-refractivity contribution >= 4 is 10.9 Å². The van der Waals surface area contributed by atoms with Gasteiger partial charge in [-0.2, -0.15) is 5.10 Å². The minimum Gasteiger partial charge on any atom is -0.364 e. The number of fused-ring (bicyclic) bond motifs is 1. The van der Waals surface area contributed by atoms with Gasteiger partial charge in [-0.3, -0.25) is 4.68 Å². The second-order valence-electron chi connectivity index (χ2n) is 3.37. The lowest BCUT2D eigenvalue weighted by molar-refractivity contribution is 0.422. The van der Waals surface area contributed by atoms with Crippen molar-refractivity contribution in [3.63, 3.8) is 0 Å². The Morgan fingerprint density at radius 1 is 1.20 bits per heavy atom. The molecule has 4 nitrogen and oxygen atoms in total. The first kappa shape index (κ1) is 8.23. The van der Waals surface area contributed by atoms with Crippen LogP contribution in [-0.2, 0) is 7.05 Å². The van der Waals surface area contributed by atoms with Gasteiger partial charge in [0.25, 0.3) is 0 Å². The Kier molecular flexibility index (Phi) is 1.62. The van der Waals surface area contributed by atoms with E-state index in [1.165, 1.54) is 0 Å². The van der Waals surface area contributed by atoms with Crippen LogP contribution in [0.2, 0.25) is 0 Å². The summed E-state index contributed by atoms with van der Waals surface area (Å²) in [5.41, 5.74) is 2.73. The number of benzene rings is 1. The van der Waals surface area contributed by atoms with Crippen LogP contribution in [0.5, 0.6) is 0 Å². The Labute approximate surface area is 86.1 Å². The zero-order valence-corrected chi connectivity index (χ0v) is 8.21. The molecule has 1 aromatic carbocycles. The lowest BCUT2D eigenvalue weighted by Crippen LogP contribution is -1.89. The molecule has 2 heterocycles. The fraction of sp³-hybridized carbons (Fsp3) is 0.0909. The van der Waals surface area contributed by atoms with Crippen LogP contribution in [-0.4, -0.2) is 14.9 Å². The number of hydrogen-bond donors (Lipinski definition) is 0. The molecule has 0 spiro atoms. The number of aryl methyl sites for hydroxylation is 1. The Bertz CT molecular complexity index is 595. The van der Waals surface area contributed by atoms with Gasteiger partial charge in [-0.15, -0.1) is 0 Å². The molecule has 3 aromatic rings. The van der Waals surface area contributed by atoms with E-state index < -0.39 is 0 Å². The number of para-hydroxylation sites is 1. The second-order valence-corrected chi connectivity index (χ2v) is 3.37. The number of rotatable bonds is 1. The minimum absolute atomic E-state index is 0.770. The van der Waals surface area contributed by atoms with Crippen molar-refractivity contribution in [1.29, 1.82) is 0 Å². The molecule has 0 saturated heterocycles. The third-order valence-corrected chi connectivity index (χ3v) is 2.44. The average Bonchev–Trinajstić information content (AvgIpc) is 2.87. The van der Waals surface area contributed by atoms with Crippen LogP contribution in [0, 0.1) is 0 Å². The first-order chi connectivity index (χ1) is 7.36. The highest BCUT2D eigenvalue weighted by Gasteiger charge is 2.11. The van der Waals surface area contributed by atoms with Crippen molar-refractivity contribution in [2.24, 2.45) is 7.05 Å². The standard InChI is InChI=1S/C11H9N3O/c1-14-10-5-3-2-4-8(10)11(12-14)9-6-7-15-13-9/h2-7H,1H3. The van der Waals surface area contributed by atoms with E-state index in [1.54, 1.807) is 6.26 Å². The smallest absolute Gasteiger partial charge is 0.134 e. The van der Waals surface area contributed by atoms with Crippen molar-refractivity contribution in [3.05, 3.63) is 36.6 Å². The highest BCUT2D eigenvalue weighted by atomic mass is 16.5. The van der Waals surface area contributed by atoms with Crippen LogP contribution in [0.4, 0.5) is 0 Å². The maximum Gasteiger partial charge on any atom is 0.134 e. The summed E-state index contributed by atoms with van der Waals surface area (Å²) in [7, 11) is 1.92. The molecule has 2 aromatic heterocycles. The zero-order valence-electron chi connectivity index (χ0n) is 8.21. The molecule has 0 aliphatic heterocycles. The molecule has 0 N–H and O–H groups in total. The SMILES string of the molecule is Cn1nc(-c2ccon2)c2ccccc21. The van der Waals surface area contributed by atoms with Crippen LogP contribution >= 0.6 is 0 Å². The van der Waals surface area contributed by atoms with Crippen LogP contribution in [0.1, 0.15) is 0 Å². The van der Waals surface area contributed by atoms with Gasteiger partial charge in [0.2, 0.25) is 0 Å². The third kappa shape index (κ3) is 1.15. The van der Waals surface area contributed by atoms with Crippen LogP contribution < -0.4 is 0 Å². The Morgan fingerprint density at radius 2 is 2.07 bits per heavy atom. The van der Waals surface area contributed by atoms with E-state index in [0.717, 1.165) is 22.3 Å². The van der Waals surface area contributed by atoms with Gasteiger partial charge >= 0.3 is 0 Å². The summed E-state index contributed by atoms with van der Waals surface area (Å²) in [6.07, 6.45) is 1.55. The van der Waals surface area contributed by atoms with E-state index >= 15 is 0 Å². The normalized spacial score (nSPS) is 11.0. The van der Waals surface area contributed by atoms with E-state index in [2.05, 4.69) is 10.3 Å². The largest absolute Gasteiger partial charge is 0.364 e. The number of hydrogen-bond acceptors (Lipinski definition) is 3. The molecule has 0 radical (unpaired) electrons. The van der Waals surface area contributed by atoms with Crippen LogP contribution in [0.15, 0.2) is 41.1 Å². The molecule has 0 saturated carbocycles. The highest BCUT2D eigenvalue weighted by Crippen LogP contribution is 2.25. The number of aromatic nitrogens is 3. The molecule has 0 amide bonds. The summed E-state index contributed by atoms with van der Waals surface area (Å²) < 4.78 is 6.67. The van der Waals surface area contributed by atoms with E-state index in [9.17, 15) is 0 Å².